The maximum absolute atomic E-state index is 2.53. The van der Waals surface area contributed by atoms with Crippen molar-refractivity contribution in [2.75, 3.05) is 18.0 Å². The number of anilines is 1. The summed E-state index contributed by atoms with van der Waals surface area (Å²) in [5.41, 5.74) is 15.3. The van der Waals surface area contributed by atoms with E-state index in [0.717, 1.165) is 25.9 Å². The minimum atomic E-state index is -0.0536. The molecule has 6 rings (SSSR count). The van der Waals surface area contributed by atoms with Crippen molar-refractivity contribution in [3.8, 4) is 0 Å². The average Bonchev–Trinajstić information content (AvgIpc) is 3.61. The highest BCUT2D eigenvalue weighted by atomic mass is 32.2. The molecule has 3 nitrogen and oxygen atoms in total. The van der Waals surface area contributed by atoms with Crippen LogP contribution < -0.4 is 9.47 Å². The van der Waals surface area contributed by atoms with Gasteiger partial charge in [0.15, 0.2) is 18.1 Å². The Bertz CT molecular complexity index is 1960. The first-order valence-electron chi connectivity index (χ1n) is 18.7. The molecule has 0 fully saturated rings. The van der Waals surface area contributed by atoms with E-state index in [0.29, 0.717) is 5.25 Å². The van der Waals surface area contributed by atoms with Crippen LogP contribution >= 0.6 is 11.8 Å². The van der Waals surface area contributed by atoms with Gasteiger partial charge in [0.2, 0.25) is 5.69 Å². The van der Waals surface area contributed by atoms with Gasteiger partial charge in [0.25, 0.3) is 0 Å². The number of aromatic nitrogens is 1. The van der Waals surface area contributed by atoms with E-state index in [9.17, 15) is 0 Å². The second-order valence-corrected chi connectivity index (χ2v) is 17.9. The molecule has 0 radical (unpaired) electrons. The Labute approximate surface area is 307 Å². The number of pyridine rings is 1. The molecule has 0 bridgehead atoms. The van der Waals surface area contributed by atoms with Gasteiger partial charge in [0, 0.05) is 63.3 Å². The van der Waals surface area contributed by atoms with Gasteiger partial charge < -0.3 is 4.90 Å². The lowest BCUT2D eigenvalue weighted by Crippen LogP contribution is -2.27. The number of likely N-dealkylation sites (N-methyl/N-ethyl adjacent to an activating group) is 1. The van der Waals surface area contributed by atoms with Crippen molar-refractivity contribution >= 4 is 28.8 Å². The van der Waals surface area contributed by atoms with E-state index in [1.165, 1.54) is 66.7 Å². The summed E-state index contributed by atoms with van der Waals surface area (Å²) in [4.78, 5) is 3.98. The third kappa shape index (κ3) is 6.49. The van der Waals surface area contributed by atoms with Gasteiger partial charge in [-0.05, 0) is 100 Å². The minimum Gasteiger partial charge on any atom is -0.344 e. The van der Waals surface area contributed by atoms with Crippen LogP contribution in [0, 0.1) is 19.3 Å². The Morgan fingerprint density at radius 2 is 1.50 bits per heavy atom. The third-order valence-corrected chi connectivity index (χ3v) is 13.2. The molecule has 1 aliphatic carbocycles. The molecule has 3 aliphatic rings. The van der Waals surface area contributed by atoms with E-state index in [1.807, 2.05) is 0 Å². The zero-order valence-corrected chi connectivity index (χ0v) is 33.6. The zero-order chi connectivity index (χ0) is 36.2. The number of thioether (sulfide) groups is 1. The Balaban J connectivity index is 1.46. The third-order valence-electron chi connectivity index (χ3n) is 11.2. The maximum Gasteiger partial charge on any atom is 0.209 e. The summed E-state index contributed by atoms with van der Waals surface area (Å²) in [7, 11) is 2.10. The van der Waals surface area contributed by atoms with E-state index in [4.69, 9.17) is 0 Å². The zero-order valence-electron chi connectivity index (χ0n) is 32.7. The molecular formula is C46H59N3S+2. The molecule has 2 aromatic carbocycles. The molecule has 50 heavy (non-hydrogen) atoms. The monoisotopic (exact) mass is 685 g/mol. The lowest BCUT2D eigenvalue weighted by molar-refractivity contribution is -0.671. The highest BCUT2D eigenvalue weighted by Crippen LogP contribution is 2.53. The lowest BCUT2D eigenvalue weighted by Gasteiger charge is -2.31. The summed E-state index contributed by atoms with van der Waals surface area (Å²) in [5.74, 6) is 0. The number of aryl methyl sites for hydroxylation is 3. The number of allylic oxidation sites excluding steroid dienone is 7. The summed E-state index contributed by atoms with van der Waals surface area (Å²) >= 11 is 2.08. The SMILES string of the molecule is CCN1/C(=C/C=C2\CCC(/C=C/C3=[N+](CC)c4ccc(C)cc4C3(C)C)=C2SC(c2cc[n+](C)cc2)C(C)(C)C)C(C)(C)c2cc(C)ccc21. The maximum atomic E-state index is 2.53. The van der Waals surface area contributed by atoms with Crippen molar-refractivity contribution in [1.82, 2.24) is 0 Å². The van der Waals surface area contributed by atoms with Gasteiger partial charge in [-0.2, -0.15) is 4.58 Å². The molecule has 1 aromatic heterocycles. The van der Waals surface area contributed by atoms with Gasteiger partial charge in [-0.1, -0.05) is 76.1 Å². The van der Waals surface area contributed by atoms with Crippen LogP contribution in [0.25, 0.3) is 0 Å². The number of hydrogen-bond acceptors (Lipinski definition) is 2. The van der Waals surface area contributed by atoms with Crippen molar-refractivity contribution in [3.05, 3.63) is 135 Å². The number of hydrogen-bond donors (Lipinski definition) is 0. The van der Waals surface area contributed by atoms with Crippen LogP contribution in [0.4, 0.5) is 11.4 Å². The molecule has 4 heteroatoms. The van der Waals surface area contributed by atoms with Gasteiger partial charge in [-0.3, -0.25) is 0 Å². The summed E-state index contributed by atoms with van der Waals surface area (Å²) in [5, 5.41) is 0.313. The van der Waals surface area contributed by atoms with Gasteiger partial charge in [0.1, 0.15) is 13.6 Å². The molecule has 0 saturated heterocycles. The fourth-order valence-electron chi connectivity index (χ4n) is 8.34. The number of rotatable bonds is 8. The lowest BCUT2D eigenvalue weighted by atomic mass is 9.81. The predicted octanol–water partition coefficient (Wildman–Crippen LogP) is 11.3. The van der Waals surface area contributed by atoms with E-state index >= 15 is 0 Å². The van der Waals surface area contributed by atoms with Crippen LogP contribution in [-0.2, 0) is 17.9 Å². The van der Waals surface area contributed by atoms with Crippen LogP contribution in [0.2, 0.25) is 0 Å². The van der Waals surface area contributed by atoms with Crippen LogP contribution in [0.3, 0.4) is 0 Å². The molecule has 3 aromatic rings. The summed E-state index contributed by atoms with van der Waals surface area (Å²) in [6.07, 6.45) is 16.3. The van der Waals surface area contributed by atoms with Crippen LogP contribution in [0.5, 0.6) is 0 Å². The second-order valence-electron chi connectivity index (χ2n) is 16.8. The Kier molecular flexibility index (Phi) is 9.76. The van der Waals surface area contributed by atoms with Crippen molar-refractivity contribution in [2.24, 2.45) is 12.5 Å². The van der Waals surface area contributed by atoms with Crippen LogP contribution in [0.1, 0.15) is 108 Å². The molecule has 0 N–H and O–H groups in total. The normalized spacial score (nSPS) is 20.5. The van der Waals surface area contributed by atoms with Gasteiger partial charge in [0.05, 0.1) is 5.41 Å². The molecule has 262 valence electrons. The minimum absolute atomic E-state index is 0.0536. The summed E-state index contributed by atoms with van der Waals surface area (Å²) < 4.78 is 4.66. The molecule has 1 unspecified atom stereocenters. The fourth-order valence-corrected chi connectivity index (χ4v) is 9.87. The van der Waals surface area contributed by atoms with Crippen LogP contribution in [-0.4, -0.2) is 23.4 Å². The quantitative estimate of drug-likeness (QED) is 0.218. The van der Waals surface area contributed by atoms with E-state index in [2.05, 4.69) is 194 Å². The molecule has 1 atom stereocenters. The number of fused-ring (bicyclic) bond motifs is 2. The smallest absolute Gasteiger partial charge is 0.209 e. The first-order chi connectivity index (χ1) is 23.6. The number of benzene rings is 2. The molecule has 0 saturated carbocycles. The fraction of sp³-hybridized carbons (Fsp3) is 0.435. The summed E-state index contributed by atoms with van der Waals surface area (Å²) in [6, 6.07) is 18.6. The Morgan fingerprint density at radius 3 is 2.14 bits per heavy atom. The van der Waals surface area contributed by atoms with E-state index in [-0.39, 0.29) is 16.2 Å². The van der Waals surface area contributed by atoms with Crippen molar-refractivity contribution in [2.45, 2.75) is 105 Å². The summed E-state index contributed by atoms with van der Waals surface area (Å²) in [6.45, 7) is 27.6. The van der Waals surface area contributed by atoms with Gasteiger partial charge in [-0.25, -0.2) is 4.57 Å². The second kappa shape index (κ2) is 13.5. The van der Waals surface area contributed by atoms with Crippen molar-refractivity contribution in [1.29, 1.82) is 0 Å². The van der Waals surface area contributed by atoms with Crippen molar-refractivity contribution < 1.29 is 9.14 Å². The standard InChI is InChI=1S/C46H59N3S/c1-13-48-38-21-15-31(3)29-36(38)45(8,9)40(48)23-19-33-17-18-34(42(33)50-43(44(5,6)7)35-25-27-47(12)28-26-35)20-24-41-46(10,11)37-30-32(4)16-22-39(37)49(41)14-2/h15-16,19-30,43H,13-14,17-18H2,1-12H3/q+2. The van der Waals surface area contributed by atoms with Gasteiger partial charge in [-0.15, -0.1) is 11.8 Å². The molecule has 3 heterocycles. The molecule has 0 spiro atoms. The molecule has 0 amide bonds. The van der Waals surface area contributed by atoms with Crippen molar-refractivity contribution in [3.63, 3.8) is 0 Å². The van der Waals surface area contributed by atoms with Crippen LogP contribution in [0.15, 0.2) is 107 Å². The Morgan fingerprint density at radius 1 is 0.840 bits per heavy atom. The van der Waals surface area contributed by atoms with E-state index in [1.54, 1.807) is 0 Å². The van der Waals surface area contributed by atoms with E-state index < -0.39 is 0 Å². The number of nitrogens with zero attached hydrogens (tertiary/aromatic N) is 3. The topological polar surface area (TPSA) is 10.1 Å². The molecule has 2 aliphatic heterocycles. The Hall–Kier alpha value is -3.63. The van der Waals surface area contributed by atoms with Gasteiger partial charge >= 0.3 is 0 Å². The first-order valence-corrected chi connectivity index (χ1v) is 19.6. The average molecular weight is 686 g/mol. The molecular weight excluding hydrogens is 627 g/mol. The largest absolute Gasteiger partial charge is 0.344 e. The first kappa shape index (κ1) is 36.2. The predicted molar refractivity (Wildman–Crippen MR) is 216 cm³/mol. The highest BCUT2D eigenvalue weighted by molar-refractivity contribution is 8.03. The highest BCUT2D eigenvalue weighted by Gasteiger charge is 2.44.